The molecule has 1 aliphatic heterocycles. The zero-order chi connectivity index (χ0) is 12.3. The predicted molar refractivity (Wildman–Crippen MR) is 75.5 cm³/mol. The van der Waals surface area contributed by atoms with Crippen molar-refractivity contribution in [2.45, 2.75) is 23.3 Å². The molecule has 0 bridgehead atoms. The number of rotatable bonds is 3. The average molecular weight is 345 g/mol. The van der Waals surface area contributed by atoms with Crippen molar-refractivity contribution in [3.8, 4) is 5.75 Å². The van der Waals surface area contributed by atoms with Gasteiger partial charge in [-0.2, -0.15) is 0 Å². The van der Waals surface area contributed by atoms with Gasteiger partial charge in [0.05, 0.1) is 11.0 Å². The molecule has 1 atom stereocenters. The molecule has 0 N–H and O–H groups in total. The van der Waals surface area contributed by atoms with Crippen molar-refractivity contribution in [3.63, 3.8) is 0 Å². The summed E-state index contributed by atoms with van der Waals surface area (Å²) in [5.74, 6) is 1.12. The number of benzene rings is 1. The van der Waals surface area contributed by atoms with Crippen LogP contribution in [-0.2, 0) is 11.3 Å². The standard InChI is InChI=1S/C13H16INO2/c1-17-11-6-4-10(5-7-11)9-15-8-2-3-12(14)13(15)16/h4-7,12H,2-3,8-9H2,1H3/t12-/m1/s1. The van der Waals surface area contributed by atoms with Gasteiger partial charge in [0.2, 0.25) is 5.91 Å². The summed E-state index contributed by atoms with van der Waals surface area (Å²) in [4.78, 5) is 13.9. The molecule has 4 heteroatoms. The van der Waals surface area contributed by atoms with Gasteiger partial charge in [-0.15, -0.1) is 0 Å². The summed E-state index contributed by atoms with van der Waals surface area (Å²) in [6.45, 7) is 1.59. The predicted octanol–water partition coefficient (Wildman–Crippen LogP) is 2.62. The molecule has 1 saturated heterocycles. The van der Waals surface area contributed by atoms with Crippen LogP contribution in [0.2, 0.25) is 0 Å². The molecule has 2 rings (SSSR count). The Morgan fingerprint density at radius 1 is 1.41 bits per heavy atom. The third-order valence-corrected chi connectivity index (χ3v) is 4.15. The summed E-state index contributed by atoms with van der Waals surface area (Å²) >= 11 is 2.24. The highest BCUT2D eigenvalue weighted by Gasteiger charge is 2.26. The Bertz CT molecular complexity index is 391. The van der Waals surface area contributed by atoms with Gasteiger partial charge in [-0.3, -0.25) is 4.79 Å². The second kappa shape index (κ2) is 5.71. The van der Waals surface area contributed by atoms with Crippen LogP contribution in [0.15, 0.2) is 24.3 Å². The number of piperidine rings is 1. The first-order valence-corrected chi connectivity index (χ1v) is 7.01. The maximum Gasteiger partial charge on any atom is 0.235 e. The molecule has 0 radical (unpaired) electrons. The minimum absolute atomic E-state index is 0.152. The van der Waals surface area contributed by atoms with Crippen molar-refractivity contribution in [1.29, 1.82) is 0 Å². The summed E-state index contributed by atoms with van der Waals surface area (Å²) in [6.07, 6.45) is 2.12. The fraction of sp³-hybridized carbons (Fsp3) is 0.462. The molecule has 1 heterocycles. The molecule has 1 aliphatic rings. The molecule has 1 fully saturated rings. The number of likely N-dealkylation sites (tertiary alicyclic amines) is 1. The van der Waals surface area contributed by atoms with E-state index in [2.05, 4.69) is 22.6 Å². The Hall–Kier alpha value is -0.780. The van der Waals surface area contributed by atoms with Gasteiger partial charge in [-0.1, -0.05) is 34.7 Å². The smallest absolute Gasteiger partial charge is 0.235 e. The van der Waals surface area contributed by atoms with Gasteiger partial charge in [0, 0.05) is 13.1 Å². The van der Waals surface area contributed by atoms with Gasteiger partial charge >= 0.3 is 0 Å². The van der Waals surface area contributed by atoms with Gasteiger partial charge in [0.1, 0.15) is 5.75 Å². The number of hydrogen-bond acceptors (Lipinski definition) is 2. The fourth-order valence-electron chi connectivity index (χ4n) is 2.00. The van der Waals surface area contributed by atoms with Crippen LogP contribution in [0, 0.1) is 0 Å². The number of halogens is 1. The topological polar surface area (TPSA) is 29.5 Å². The number of amides is 1. The Labute approximate surface area is 115 Å². The molecular weight excluding hydrogens is 329 g/mol. The molecule has 0 aliphatic carbocycles. The lowest BCUT2D eigenvalue weighted by Gasteiger charge is -2.29. The zero-order valence-electron chi connectivity index (χ0n) is 9.86. The number of alkyl halides is 1. The SMILES string of the molecule is COc1ccc(CN2CCC[C@@H](I)C2=O)cc1. The van der Waals surface area contributed by atoms with Gasteiger partial charge < -0.3 is 9.64 Å². The van der Waals surface area contributed by atoms with Crippen LogP contribution < -0.4 is 4.74 Å². The van der Waals surface area contributed by atoms with Crippen molar-refractivity contribution in [2.75, 3.05) is 13.7 Å². The maximum atomic E-state index is 11.9. The molecule has 17 heavy (non-hydrogen) atoms. The number of methoxy groups -OCH3 is 1. The van der Waals surface area contributed by atoms with Crippen molar-refractivity contribution in [2.24, 2.45) is 0 Å². The van der Waals surface area contributed by atoms with Crippen molar-refractivity contribution in [3.05, 3.63) is 29.8 Å². The van der Waals surface area contributed by atoms with Gasteiger partial charge in [-0.25, -0.2) is 0 Å². The summed E-state index contributed by atoms with van der Waals surface area (Å²) < 4.78 is 5.27. The van der Waals surface area contributed by atoms with E-state index < -0.39 is 0 Å². The van der Waals surface area contributed by atoms with E-state index in [1.807, 2.05) is 29.2 Å². The number of nitrogens with zero attached hydrogens (tertiary/aromatic N) is 1. The van der Waals surface area contributed by atoms with Crippen LogP contribution in [-0.4, -0.2) is 28.4 Å². The Morgan fingerprint density at radius 2 is 2.12 bits per heavy atom. The molecule has 1 aromatic carbocycles. The first-order chi connectivity index (χ1) is 8.20. The van der Waals surface area contributed by atoms with Crippen LogP contribution in [0.5, 0.6) is 5.75 Å². The summed E-state index contributed by atoms with van der Waals surface area (Å²) in [5, 5.41) is 0. The highest BCUT2D eigenvalue weighted by molar-refractivity contribution is 14.1. The van der Waals surface area contributed by atoms with E-state index in [-0.39, 0.29) is 9.83 Å². The molecule has 0 aromatic heterocycles. The number of carbonyl (C=O) groups excluding carboxylic acids is 1. The summed E-state index contributed by atoms with van der Waals surface area (Å²) in [7, 11) is 1.66. The summed E-state index contributed by atoms with van der Waals surface area (Å²) in [5.41, 5.74) is 1.16. The minimum atomic E-state index is 0.152. The first kappa shape index (κ1) is 12.7. The molecule has 1 amide bonds. The fourth-order valence-corrected chi connectivity index (χ4v) is 2.84. The van der Waals surface area contributed by atoms with E-state index in [1.54, 1.807) is 7.11 Å². The lowest BCUT2D eigenvalue weighted by molar-refractivity contribution is -0.132. The first-order valence-electron chi connectivity index (χ1n) is 5.76. The van der Waals surface area contributed by atoms with Gasteiger partial charge in [0.25, 0.3) is 0 Å². The molecule has 0 unspecified atom stereocenters. The van der Waals surface area contributed by atoms with Crippen LogP contribution in [0.3, 0.4) is 0 Å². The largest absolute Gasteiger partial charge is 0.497 e. The molecule has 3 nitrogen and oxygen atoms in total. The molecule has 0 spiro atoms. The Morgan fingerprint density at radius 3 is 2.76 bits per heavy atom. The third kappa shape index (κ3) is 3.12. The van der Waals surface area contributed by atoms with Crippen LogP contribution in [0.4, 0.5) is 0 Å². The van der Waals surface area contributed by atoms with Crippen molar-refractivity contribution < 1.29 is 9.53 Å². The number of ether oxygens (including phenoxy) is 1. The van der Waals surface area contributed by atoms with Gasteiger partial charge in [-0.05, 0) is 30.5 Å². The third-order valence-electron chi connectivity index (χ3n) is 3.00. The van der Waals surface area contributed by atoms with E-state index in [1.165, 1.54) is 0 Å². The van der Waals surface area contributed by atoms with Gasteiger partial charge in [0.15, 0.2) is 0 Å². The number of hydrogen-bond donors (Lipinski definition) is 0. The quantitative estimate of drug-likeness (QED) is 0.623. The average Bonchev–Trinajstić information content (AvgIpc) is 2.36. The molecule has 92 valence electrons. The van der Waals surface area contributed by atoms with Crippen LogP contribution >= 0.6 is 22.6 Å². The van der Waals surface area contributed by atoms with Crippen molar-refractivity contribution >= 4 is 28.5 Å². The van der Waals surface area contributed by atoms with E-state index >= 15 is 0 Å². The van der Waals surface area contributed by atoms with E-state index in [4.69, 9.17) is 4.74 Å². The maximum absolute atomic E-state index is 11.9. The molecular formula is C13H16INO2. The van der Waals surface area contributed by atoms with Crippen LogP contribution in [0.25, 0.3) is 0 Å². The minimum Gasteiger partial charge on any atom is -0.497 e. The summed E-state index contributed by atoms with van der Waals surface area (Å²) in [6, 6.07) is 7.91. The van der Waals surface area contributed by atoms with E-state index in [9.17, 15) is 4.79 Å². The van der Waals surface area contributed by atoms with E-state index in [0.717, 1.165) is 30.7 Å². The van der Waals surface area contributed by atoms with Crippen LogP contribution in [0.1, 0.15) is 18.4 Å². The Kier molecular flexibility index (Phi) is 4.25. The second-order valence-electron chi connectivity index (χ2n) is 4.22. The van der Waals surface area contributed by atoms with E-state index in [0.29, 0.717) is 6.54 Å². The lowest BCUT2D eigenvalue weighted by Crippen LogP contribution is -2.40. The lowest BCUT2D eigenvalue weighted by atomic mass is 10.1. The highest BCUT2D eigenvalue weighted by atomic mass is 127. The zero-order valence-corrected chi connectivity index (χ0v) is 12.0. The monoisotopic (exact) mass is 345 g/mol. The highest BCUT2D eigenvalue weighted by Crippen LogP contribution is 2.21. The molecule has 1 aromatic rings. The van der Waals surface area contributed by atoms with Crippen molar-refractivity contribution in [1.82, 2.24) is 4.90 Å². The number of carbonyl (C=O) groups is 1. The normalized spacial score (nSPS) is 20.5. The Balaban J connectivity index is 2.01. The second-order valence-corrected chi connectivity index (χ2v) is 5.72. The molecule has 0 saturated carbocycles.